The molecule has 0 bridgehead atoms. The van der Waals surface area contributed by atoms with Crippen LogP contribution in [0.3, 0.4) is 0 Å². The number of benzene rings is 1. The fraction of sp³-hybridized carbons (Fsp3) is 0.143. The van der Waals surface area contributed by atoms with Gasteiger partial charge in [-0.15, -0.1) is 0 Å². The molecular formula is C7HClF6. The Morgan fingerprint density at radius 2 is 1.50 bits per heavy atom. The molecule has 0 spiro atoms. The second-order valence-electron chi connectivity index (χ2n) is 2.35. The van der Waals surface area contributed by atoms with Crippen molar-refractivity contribution in [2.24, 2.45) is 0 Å². The van der Waals surface area contributed by atoms with E-state index in [1.807, 2.05) is 0 Å². The number of alkyl halides is 3. The molecule has 0 atom stereocenters. The van der Waals surface area contributed by atoms with Gasteiger partial charge >= 0.3 is 6.18 Å². The van der Waals surface area contributed by atoms with E-state index >= 15 is 0 Å². The van der Waals surface area contributed by atoms with Crippen molar-refractivity contribution in [1.82, 2.24) is 0 Å². The molecule has 0 aliphatic heterocycles. The van der Waals surface area contributed by atoms with E-state index in [9.17, 15) is 26.3 Å². The van der Waals surface area contributed by atoms with Crippen LogP contribution in [0, 0.1) is 17.5 Å². The summed E-state index contributed by atoms with van der Waals surface area (Å²) in [5.74, 6) is -6.00. The van der Waals surface area contributed by atoms with Gasteiger partial charge in [0.25, 0.3) is 0 Å². The monoisotopic (exact) mass is 234 g/mol. The highest BCUT2D eigenvalue weighted by atomic mass is 35.5. The summed E-state index contributed by atoms with van der Waals surface area (Å²) in [4.78, 5) is 0. The van der Waals surface area contributed by atoms with E-state index in [2.05, 4.69) is 0 Å². The van der Waals surface area contributed by atoms with Gasteiger partial charge in [-0.1, -0.05) is 11.6 Å². The third kappa shape index (κ3) is 1.79. The highest BCUT2D eigenvalue weighted by molar-refractivity contribution is 6.31. The van der Waals surface area contributed by atoms with E-state index in [0.29, 0.717) is 0 Å². The van der Waals surface area contributed by atoms with Crippen LogP contribution in [0.5, 0.6) is 0 Å². The Morgan fingerprint density at radius 3 is 1.93 bits per heavy atom. The fourth-order valence-electron chi connectivity index (χ4n) is 0.779. The molecule has 0 aromatic heterocycles. The molecular weight excluding hydrogens is 234 g/mol. The lowest BCUT2D eigenvalue weighted by molar-refractivity contribution is -0.137. The summed E-state index contributed by atoms with van der Waals surface area (Å²) in [7, 11) is 0. The standard InChI is InChI=1S/C7HClF6/c8-4-2(7(12,13)14)1-3(9)5(10)6(4)11/h1H. The number of hydrogen-bond acceptors (Lipinski definition) is 0. The highest BCUT2D eigenvalue weighted by Crippen LogP contribution is 2.37. The van der Waals surface area contributed by atoms with Crippen molar-refractivity contribution in [3.63, 3.8) is 0 Å². The molecule has 78 valence electrons. The van der Waals surface area contributed by atoms with Gasteiger partial charge in [-0.25, -0.2) is 13.2 Å². The van der Waals surface area contributed by atoms with E-state index in [1.54, 1.807) is 0 Å². The first kappa shape index (κ1) is 11.2. The zero-order chi connectivity index (χ0) is 11.1. The maximum Gasteiger partial charge on any atom is 0.418 e. The van der Waals surface area contributed by atoms with Crippen molar-refractivity contribution in [3.05, 3.63) is 34.1 Å². The van der Waals surface area contributed by atoms with Gasteiger partial charge in [-0.05, 0) is 6.07 Å². The molecule has 1 aromatic carbocycles. The Balaban J connectivity index is 3.49. The lowest BCUT2D eigenvalue weighted by Gasteiger charge is -2.09. The Hall–Kier alpha value is -0.910. The zero-order valence-electron chi connectivity index (χ0n) is 6.22. The minimum Gasteiger partial charge on any atom is -0.204 e. The minimum atomic E-state index is -5.02. The summed E-state index contributed by atoms with van der Waals surface area (Å²) in [6.45, 7) is 0. The maximum atomic E-state index is 12.5. The maximum absolute atomic E-state index is 12.5. The van der Waals surface area contributed by atoms with Crippen LogP contribution in [0.25, 0.3) is 0 Å². The first-order valence-electron chi connectivity index (χ1n) is 3.15. The lowest BCUT2D eigenvalue weighted by Crippen LogP contribution is -2.09. The molecule has 0 fully saturated rings. The van der Waals surface area contributed by atoms with Crippen molar-refractivity contribution in [2.75, 3.05) is 0 Å². The van der Waals surface area contributed by atoms with Gasteiger partial charge in [0.05, 0.1) is 10.6 Å². The molecule has 0 aliphatic carbocycles. The molecule has 14 heavy (non-hydrogen) atoms. The van der Waals surface area contributed by atoms with Gasteiger partial charge in [0.1, 0.15) is 0 Å². The lowest BCUT2D eigenvalue weighted by atomic mass is 10.2. The van der Waals surface area contributed by atoms with Gasteiger partial charge < -0.3 is 0 Å². The molecule has 0 saturated carbocycles. The van der Waals surface area contributed by atoms with Crippen LogP contribution in [-0.4, -0.2) is 0 Å². The minimum absolute atomic E-state index is 0.194. The van der Waals surface area contributed by atoms with Gasteiger partial charge in [0, 0.05) is 0 Å². The smallest absolute Gasteiger partial charge is 0.204 e. The van der Waals surface area contributed by atoms with Crippen LogP contribution in [0.4, 0.5) is 26.3 Å². The number of hydrogen-bond donors (Lipinski definition) is 0. The van der Waals surface area contributed by atoms with Crippen molar-refractivity contribution in [1.29, 1.82) is 0 Å². The molecule has 0 saturated heterocycles. The van der Waals surface area contributed by atoms with Crippen molar-refractivity contribution in [2.45, 2.75) is 6.18 Å². The van der Waals surface area contributed by atoms with Gasteiger partial charge in [-0.2, -0.15) is 13.2 Å². The van der Waals surface area contributed by atoms with Gasteiger partial charge in [0.2, 0.25) is 0 Å². The Kier molecular flexibility index (Phi) is 2.67. The summed E-state index contributed by atoms with van der Waals surface area (Å²) in [6, 6.07) is -0.194. The Labute approximate surface area is 79.1 Å². The molecule has 0 N–H and O–H groups in total. The normalized spacial score (nSPS) is 11.9. The van der Waals surface area contributed by atoms with Gasteiger partial charge in [-0.3, -0.25) is 0 Å². The first-order chi connectivity index (χ1) is 6.25. The molecule has 0 radical (unpaired) electrons. The van der Waals surface area contributed by atoms with Crippen LogP contribution < -0.4 is 0 Å². The van der Waals surface area contributed by atoms with Crippen LogP contribution in [0.15, 0.2) is 6.07 Å². The Morgan fingerprint density at radius 1 is 1.00 bits per heavy atom. The largest absolute Gasteiger partial charge is 0.418 e. The molecule has 1 aromatic rings. The SMILES string of the molecule is Fc1cc(C(F)(F)F)c(Cl)c(F)c1F. The molecule has 0 unspecified atom stereocenters. The molecule has 1 rings (SSSR count). The van der Waals surface area contributed by atoms with Crippen LogP contribution in [0.2, 0.25) is 5.02 Å². The summed E-state index contributed by atoms with van der Waals surface area (Å²) >= 11 is 4.85. The van der Waals surface area contributed by atoms with E-state index in [4.69, 9.17) is 11.6 Å². The third-order valence-corrected chi connectivity index (χ3v) is 1.78. The fourth-order valence-corrected chi connectivity index (χ4v) is 1.02. The summed E-state index contributed by atoms with van der Waals surface area (Å²) in [6.07, 6.45) is -5.02. The molecule has 0 amide bonds. The van der Waals surface area contributed by atoms with E-state index < -0.39 is 34.2 Å². The van der Waals surface area contributed by atoms with Crippen LogP contribution >= 0.6 is 11.6 Å². The second kappa shape index (κ2) is 3.34. The number of rotatable bonds is 0. The van der Waals surface area contributed by atoms with Crippen molar-refractivity contribution in [3.8, 4) is 0 Å². The average Bonchev–Trinajstić information content (AvgIpc) is 2.06. The van der Waals surface area contributed by atoms with Crippen molar-refractivity contribution >= 4 is 11.6 Å². The summed E-state index contributed by atoms with van der Waals surface area (Å²) in [5.41, 5.74) is -1.74. The molecule has 0 aliphatic rings. The average molecular weight is 235 g/mol. The molecule has 0 nitrogen and oxygen atoms in total. The third-order valence-electron chi connectivity index (χ3n) is 1.41. The zero-order valence-corrected chi connectivity index (χ0v) is 6.98. The van der Waals surface area contributed by atoms with Crippen LogP contribution in [0.1, 0.15) is 5.56 Å². The van der Waals surface area contributed by atoms with E-state index in [1.165, 1.54) is 0 Å². The quantitative estimate of drug-likeness (QED) is 0.364. The van der Waals surface area contributed by atoms with E-state index in [-0.39, 0.29) is 6.07 Å². The molecule has 7 heteroatoms. The van der Waals surface area contributed by atoms with E-state index in [0.717, 1.165) is 0 Å². The molecule has 0 heterocycles. The predicted molar refractivity (Wildman–Crippen MR) is 36.3 cm³/mol. The first-order valence-corrected chi connectivity index (χ1v) is 3.53. The second-order valence-corrected chi connectivity index (χ2v) is 2.72. The number of halogens is 7. The van der Waals surface area contributed by atoms with Crippen LogP contribution in [-0.2, 0) is 6.18 Å². The topological polar surface area (TPSA) is 0 Å². The van der Waals surface area contributed by atoms with Gasteiger partial charge in [0.15, 0.2) is 17.5 Å². The summed E-state index contributed by atoms with van der Waals surface area (Å²) in [5, 5.41) is -1.48. The van der Waals surface area contributed by atoms with Crippen molar-refractivity contribution < 1.29 is 26.3 Å². The predicted octanol–water partition coefficient (Wildman–Crippen LogP) is 3.78. The Bertz CT molecular complexity index is 369. The highest BCUT2D eigenvalue weighted by Gasteiger charge is 2.36. The summed E-state index contributed by atoms with van der Waals surface area (Å²) < 4.78 is 73.3.